The summed E-state index contributed by atoms with van der Waals surface area (Å²) in [6, 6.07) is 10.2. The molecule has 0 bridgehead atoms. The molecule has 0 atom stereocenters. The molecule has 5 nitrogen and oxygen atoms in total. The van der Waals surface area contributed by atoms with E-state index >= 15 is 0 Å². The van der Waals surface area contributed by atoms with E-state index < -0.39 is 0 Å². The highest BCUT2D eigenvalue weighted by Gasteiger charge is 2.34. The van der Waals surface area contributed by atoms with Crippen molar-refractivity contribution in [2.45, 2.75) is 32.0 Å². The van der Waals surface area contributed by atoms with Crippen LogP contribution in [-0.4, -0.2) is 26.4 Å². The zero-order chi connectivity index (χ0) is 17.2. The van der Waals surface area contributed by atoms with Gasteiger partial charge in [0.15, 0.2) is 5.76 Å². The minimum absolute atomic E-state index is 0.161. The number of nitrogens with zero attached hydrogens (tertiary/aromatic N) is 3. The summed E-state index contributed by atoms with van der Waals surface area (Å²) in [7, 11) is 0. The van der Waals surface area contributed by atoms with Gasteiger partial charge in [0.25, 0.3) is 5.91 Å². The van der Waals surface area contributed by atoms with Gasteiger partial charge in [0, 0.05) is 30.5 Å². The second-order valence-corrected chi connectivity index (χ2v) is 6.26. The maximum atomic E-state index is 13.9. The molecule has 0 unspecified atom stereocenters. The Morgan fingerprint density at radius 3 is 2.84 bits per heavy atom. The Kier molecular flexibility index (Phi) is 4.09. The van der Waals surface area contributed by atoms with E-state index in [1.54, 1.807) is 47.8 Å². The summed E-state index contributed by atoms with van der Waals surface area (Å²) in [5.74, 6) is 0.491. The van der Waals surface area contributed by atoms with E-state index in [-0.39, 0.29) is 24.3 Å². The van der Waals surface area contributed by atoms with Crippen LogP contribution in [0, 0.1) is 5.82 Å². The van der Waals surface area contributed by atoms with Gasteiger partial charge in [0.2, 0.25) is 0 Å². The van der Waals surface area contributed by atoms with E-state index in [2.05, 4.69) is 4.98 Å². The molecule has 1 amide bonds. The quantitative estimate of drug-likeness (QED) is 0.691. The molecule has 0 aliphatic heterocycles. The number of carbonyl (C=O) groups is 1. The maximum Gasteiger partial charge on any atom is 0.290 e. The third kappa shape index (κ3) is 3.47. The van der Waals surface area contributed by atoms with Crippen LogP contribution in [0.5, 0.6) is 0 Å². The van der Waals surface area contributed by atoms with Crippen molar-refractivity contribution in [2.75, 3.05) is 0 Å². The lowest BCUT2D eigenvalue weighted by atomic mass is 10.2. The van der Waals surface area contributed by atoms with Gasteiger partial charge in [-0.3, -0.25) is 4.79 Å². The number of halogens is 1. The molecule has 0 radical (unpaired) electrons. The van der Waals surface area contributed by atoms with Gasteiger partial charge in [-0.15, -0.1) is 0 Å². The second-order valence-electron chi connectivity index (χ2n) is 6.26. The molecule has 6 heteroatoms. The normalized spacial score (nSPS) is 13.8. The molecular formula is C19H18FN3O2. The van der Waals surface area contributed by atoms with Crippen molar-refractivity contribution >= 4 is 5.91 Å². The van der Waals surface area contributed by atoms with Crippen LogP contribution in [0.25, 0.3) is 0 Å². The van der Waals surface area contributed by atoms with Crippen molar-refractivity contribution in [1.82, 2.24) is 14.5 Å². The van der Waals surface area contributed by atoms with Crippen molar-refractivity contribution in [3.8, 4) is 0 Å². The number of rotatable bonds is 6. The van der Waals surface area contributed by atoms with Gasteiger partial charge in [0.05, 0.1) is 12.9 Å². The number of imidazole rings is 1. The SMILES string of the molecule is O=C(c1ccc(Cn2ccnc2)o1)N(Cc1ccccc1F)C1CC1. The molecule has 0 N–H and O–H groups in total. The summed E-state index contributed by atoms with van der Waals surface area (Å²) in [4.78, 5) is 18.5. The summed E-state index contributed by atoms with van der Waals surface area (Å²) < 4.78 is 21.5. The number of furan rings is 1. The summed E-state index contributed by atoms with van der Waals surface area (Å²) in [6.07, 6.45) is 7.11. The fraction of sp³-hybridized carbons (Fsp3) is 0.263. The van der Waals surface area contributed by atoms with Crippen molar-refractivity contribution in [3.63, 3.8) is 0 Å². The summed E-state index contributed by atoms with van der Waals surface area (Å²) in [5.41, 5.74) is 0.521. The molecule has 1 aliphatic rings. The minimum atomic E-state index is -0.291. The van der Waals surface area contributed by atoms with Crippen LogP contribution >= 0.6 is 0 Å². The van der Waals surface area contributed by atoms with E-state index in [0.29, 0.717) is 23.6 Å². The largest absolute Gasteiger partial charge is 0.454 e. The van der Waals surface area contributed by atoms with E-state index in [0.717, 1.165) is 12.8 Å². The number of carbonyl (C=O) groups excluding carboxylic acids is 1. The third-order valence-electron chi connectivity index (χ3n) is 4.32. The van der Waals surface area contributed by atoms with Crippen molar-refractivity contribution in [3.05, 3.63) is 78.0 Å². The Morgan fingerprint density at radius 1 is 1.28 bits per heavy atom. The fourth-order valence-electron chi connectivity index (χ4n) is 2.84. The lowest BCUT2D eigenvalue weighted by molar-refractivity contribution is 0.0693. The molecule has 128 valence electrons. The molecule has 2 heterocycles. The van der Waals surface area contributed by atoms with E-state index in [4.69, 9.17) is 4.42 Å². The van der Waals surface area contributed by atoms with Gasteiger partial charge in [0.1, 0.15) is 11.6 Å². The average Bonchev–Trinajstić information content (AvgIpc) is 3.13. The van der Waals surface area contributed by atoms with Crippen LogP contribution in [0.4, 0.5) is 4.39 Å². The Labute approximate surface area is 144 Å². The molecule has 1 saturated carbocycles. The van der Waals surface area contributed by atoms with Gasteiger partial charge in [-0.05, 0) is 31.0 Å². The molecule has 2 aromatic heterocycles. The van der Waals surface area contributed by atoms with E-state index in [9.17, 15) is 9.18 Å². The predicted molar refractivity (Wildman–Crippen MR) is 89.3 cm³/mol. The zero-order valence-electron chi connectivity index (χ0n) is 13.6. The smallest absolute Gasteiger partial charge is 0.290 e. The number of aromatic nitrogens is 2. The van der Waals surface area contributed by atoms with Crippen LogP contribution < -0.4 is 0 Å². The Balaban J connectivity index is 1.51. The summed E-state index contributed by atoms with van der Waals surface area (Å²) in [6.45, 7) is 0.776. The first-order valence-corrected chi connectivity index (χ1v) is 8.29. The number of amides is 1. The van der Waals surface area contributed by atoms with Crippen LogP contribution in [0.1, 0.15) is 34.7 Å². The first-order chi connectivity index (χ1) is 12.2. The zero-order valence-corrected chi connectivity index (χ0v) is 13.6. The highest BCUT2D eigenvalue weighted by molar-refractivity contribution is 5.92. The number of benzene rings is 1. The Bertz CT molecular complexity index is 868. The minimum Gasteiger partial charge on any atom is -0.454 e. The van der Waals surface area contributed by atoms with Gasteiger partial charge in [-0.25, -0.2) is 9.37 Å². The molecule has 3 aromatic rings. The lowest BCUT2D eigenvalue weighted by Crippen LogP contribution is -2.32. The summed E-state index contributed by atoms with van der Waals surface area (Å²) in [5, 5.41) is 0. The van der Waals surface area contributed by atoms with Crippen LogP contribution in [0.15, 0.2) is 59.5 Å². The molecule has 4 rings (SSSR count). The van der Waals surface area contributed by atoms with E-state index in [1.807, 2.05) is 10.8 Å². The van der Waals surface area contributed by atoms with Crippen molar-refractivity contribution in [2.24, 2.45) is 0 Å². The Hall–Kier alpha value is -2.89. The fourth-order valence-corrected chi connectivity index (χ4v) is 2.84. The lowest BCUT2D eigenvalue weighted by Gasteiger charge is -2.21. The van der Waals surface area contributed by atoms with Gasteiger partial charge >= 0.3 is 0 Å². The van der Waals surface area contributed by atoms with Gasteiger partial charge < -0.3 is 13.9 Å². The molecule has 25 heavy (non-hydrogen) atoms. The van der Waals surface area contributed by atoms with Crippen LogP contribution in [0.3, 0.4) is 0 Å². The first kappa shape index (κ1) is 15.6. The molecule has 0 saturated heterocycles. The van der Waals surface area contributed by atoms with Crippen LogP contribution in [-0.2, 0) is 13.1 Å². The predicted octanol–water partition coefficient (Wildman–Crippen LogP) is 3.47. The van der Waals surface area contributed by atoms with Crippen molar-refractivity contribution in [1.29, 1.82) is 0 Å². The molecule has 1 fully saturated rings. The first-order valence-electron chi connectivity index (χ1n) is 8.29. The maximum absolute atomic E-state index is 13.9. The van der Waals surface area contributed by atoms with E-state index in [1.165, 1.54) is 6.07 Å². The number of hydrogen-bond acceptors (Lipinski definition) is 3. The van der Waals surface area contributed by atoms with Gasteiger partial charge in [-0.2, -0.15) is 0 Å². The molecule has 0 spiro atoms. The topological polar surface area (TPSA) is 51.3 Å². The van der Waals surface area contributed by atoms with Gasteiger partial charge in [-0.1, -0.05) is 18.2 Å². The average molecular weight is 339 g/mol. The standard InChI is InChI=1S/C19H18FN3O2/c20-17-4-2-1-3-14(17)11-23(15-5-6-15)19(24)18-8-7-16(25-18)12-22-10-9-21-13-22/h1-4,7-10,13,15H,5-6,11-12H2. The second kappa shape index (κ2) is 6.55. The highest BCUT2D eigenvalue weighted by Crippen LogP contribution is 2.30. The molecule has 1 aromatic carbocycles. The molecule has 1 aliphatic carbocycles. The van der Waals surface area contributed by atoms with Crippen LogP contribution in [0.2, 0.25) is 0 Å². The Morgan fingerprint density at radius 2 is 2.12 bits per heavy atom. The molecular weight excluding hydrogens is 321 g/mol. The number of hydrogen-bond donors (Lipinski definition) is 0. The summed E-state index contributed by atoms with van der Waals surface area (Å²) >= 11 is 0. The van der Waals surface area contributed by atoms with Crippen molar-refractivity contribution < 1.29 is 13.6 Å². The highest BCUT2D eigenvalue weighted by atomic mass is 19.1. The monoisotopic (exact) mass is 339 g/mol. The third-order valence-corrected chi connectivity index (χ3v) is 4.32.